The van der Waals surface area contributed by atoms with Crippen LogP contribution < -0.4 is 4.74 Å². The van der Waals surface area contributed by atoms with E-state index in [4.69, 9.17) is 4.74 Å². The SMILES string of the molecule is CS(=O)(=O)CCCOc1c(Br)cccc1CBr. The number of hydrogen-bond donors (Lipinski definition) is 0. The van der Waals surface area contributed by atoms with Crippen molar-refractivity contribution < 1.29 is 13.2 Å². The van der Waals surface area contributed by atoms with E-state index in [2.05, 4.69) is 31.9 Å². The van der Waals surface area contributed by atoms with E-state index in [1.54, 1.807) is 0 Å². The number of para-hydroxylation sites is 1. The van der Waals surface area contributed by atoms with Crippen LogP contribution in [0.5, 0.6) is 5.75 Å². The fourth-order valence-corrected chi connectivity index (χ4v) is 2.92. The zero-order valence-electron chi connectivity index (χ0n) is 9.45. The van der Waals surface area contributed by atoms with Crippen LogP contribution in [0.3, 0.4) is 0 Å². The third-order valence-electron chi connectivity index (χ3n) is 2.10. The lowest BCUT2D eigenvalue weighted by Gasteiger charge is -2.11. The first-order valence-electron chi connectivity index (χ1n) is 5.08. The lowest BCUT2D eigenvalue weighted by molar-refractivity contribution is 0.313. The first-order chi connectivity index (χ1) is 7.94. The summed E-state index contributed by atoms with van der Waals surface area (Å²) < 4.78 is 28.4. The molecule has 0 aliphatic heterocycles. The Morgan fingerprint density at radius 3 is 2.65 bits per heavy atom. The monoisotopic (exact) mass is 384 g/mol. The molecule has 1 rings (SSSR count). The van der Waals surface area contributed by atoms with Gasteiger partial charge in [0.2, 0.25) is 0 Å². The van der Waals surface area contributed by atoms with Gasteiger partial charge in [-0.25, -0.2) is 8.42 Å². The molecular formula is C11H14Br2O3S. The van der Waals surface area contributed by atoms with Gasteiger partial charge in [0.25, 0.3) is 0 Å². The van der Waals surface area contributed by atoms with Gasteiger partial charge in [0.1, 0.15) is 15.6 Å². The number of rotatable bonds is 6. The number of halogens is 2. The van der Waals surface area contributed by atoms with Gasteiger partial charge in [-0.3, -0.25) is 0 Å². The zero-order valence-corrected chi connectivity index (χ0v) is 13.4. The predicted octanol–water partition coefficient (Wildman–Crippen LogP) is 3.16. The van der Waals surface area contributed by atoms with E-state index in [9.17, 15) is 8.42 Å². The molecule has 1 aromatic rings. The van der Waals surface area contributed by atoms with Crippen LogP contribution in [0.2, 0.25) is 0 Å². The number of sulfone groups is 1. The van der Waals surface area contributed by atoms with Crippen molar-refractivity contribution in [2.75, 3.05) is 18.6 Å². The molecule has 0 spiro atoms. The van der Waals surface area contributed by atoms with Crippen LogP contribution in [-0.2, 0) is 15.2 Å². The second-order valence-corrected chi connectivity index (χ2v) is 7.37. The van der Waals surface area contributed by atoms with Gasteiger partial charge in [-0.2, -0.15) is 0 Å². The van der Waals surface area contributed by atoms with Gasteiger partial charge in [-0.15, -0.1) is 0 Å². The fourth-order valence-electron chi connectivity index (χ4n) is 1.32. The first kappa shape index (κ1) is 15.0. The van der Waals surface area contributed by atoms with Crippen molar-refractivity contribution >= 4 is 41.7 Å². The molecule has 0 amide bonds. The normalized spacial score (nSPS) is 11.5. The van der Waals surface area contributed by atoms with E-state index in [0.29, 0.717) is 18.4 Å². The third-order valence-corrected chi connectivity index (χ3v) is 4.36. The van der Waals surface area contributed by atoms with Crippen molar-refractivity contribution in [3.05, 3.63) is 28.2 Å². The summed E-state index contributed by atoms with van der Waals surface area (Å²) in [6, 6.07) is 5.80. The van der Waals surface area contributed by atoms with Crippen molar-refractivity contribution in [1.82, 2.24) is 0 Å². The average molecular weight is 386 g/mol. The number of alkyl halides is 1. The Hall–Kier alpha value is -0.0700. The number of benzene rings is 1. The van der Waals surface area contributed by atoms with E-state index in [1.807, 2.05) is 18.2 Å². The Morgan fingerprint density at radius 1 is 1.35 bits per heavy atom. The highest BCUT2D eigenvalue weighted by atomic mass is 79.9. The van der Waals surface area contributed by atoms with Gasteiger partial charge in [-0.05, 0) is 28.4 Å². The summed E-state index contributed by atoms with van der Waals surface area (Å²) in [5.41, 5.74) is 1.04. The molecule has 0 heterocycles. The van der Waals surface area contributed by atoms with Crippen LogP contribution in [0.15, 0.2) is 22.7 Å². The highest BCUT2D eigenvalue weighted by Crippen LogP contribution is 2.30. The van der Waals surface area contributed by atoms with Crippen LogP contribution in [0.25, 0.3) is 0 Å². The molecule has 0 aromatic heterocycles. The van der Waals surface area contributed by atoms with E-state index in [0.717, 1.165) is 15.8 Å². The summed E-state index contributed by atoms with van der Waals surface area (Å²) in [6.07, 6.45) is 1.73. The maximum absolute atomic E-state index is 11.0. The van der Waals surface area contributed by atoms with Crippen LogP contribution >= 0.6 is 31.9 Å². The molecule has 6 heteroatoms. The third kappa shape index (κ3) is 5.40. The van der Waals surface area contributed by atoms with Gasteiger partial charge in [0, 0.05) is 17.1 Å². The molecule has 0 saturated heterocycles. The summed E-state index contributed by atoms with van der Waals surface area (Å²) in [5.74, 6) is 0.930. The molecule has 96 valence electrons. The molecule has 0 atom stereocenters. The van der Waals surface area contributed by atoms with Crippen LogP contribution in [0.1, 0.15) is 12.0 Å². The maximum Gasteiger partial charge on any atom is 0.147 e. The number of hydrogen-bond acceptors (Lipinski definition) is 3. The summed E-state index contributed by atoms with van der Waals surface area (Å²) >= 11 is 6.80. The van der Waals surface area contributed by atoms with Gasteiger partial charge in [0.05, 0.1) is 16.8 Å². The molecule has 0 N–H and O–H groups in total. The van der Waals surface area contributed by atoms with Crippen molar-refractivity contribution in [2.24, 2.45) is 0 Å². The van der Waals surface area contributed by atoms with Crippen LogP contribution in [0.4, 0.5) is 0 Å². The second-order valence-electron chi connectivity index (χ2n) is 3.69. The molecule has 0 fully saturated rings. The first-order valence-corrected chi connectivity index (χ1v) is 9.05. The van der Waals surface area contributed by atoms with E-state index < -0.39 is 9.84 Å². The zero-order chi connectivity index (χ0) is 12.9. The lowest BCUT2D eigenvalue weighted by Crippen LogP contribution is -2.08. The molecular weight excluding hydrogens is 372 g/mol. The quantitative estimate of drug-likeness (QED) is 0.558. The summed E-state index contributed by atoms with van der Waals surface area (Å²) in [6.45, 7) is 0.398. The summed E-state index contributed by atoms with van der Waals surface area (Å²) in [7, 11) is -2.91. The minimum Gasteiger partial charge on any atom is -0.492 e. The highest BCUT2D eigenvalue weighted by molar-refractivity contribution is 9.10. The molecule has 0 radical (unpaired) electrons. The Labute approximate surface area is 119 Å². The Bertz CT molecular complexity index is 472. The Morgan fingerprint density at radius 2 is 2.06 bits per heavy atom. The fraction of sp³-hybridized carbons (Fsp3) is 0.455. The topological polar surface area (TPSA) is 43.4 Å². The van der Waals surface area contributed by atoms with E-state index in [1.165, 1.54) is 6.26 Å². The van der Waals surface area contributed by atoms with E-state index >= 15 is 0 Å². The number of ether oxygens (including phenoxy) is 1. The highest BCUT2D eigenvalue weighted by Gasteiger charge is 2.08. The molecule has 0 saturated carbocycles. The molecule has 0 unspecified atom stereocenters. The van der Waals surface area contributed by atoms with Gasteiger partial charge in [0.15, 0.2) is 0 Å². The standard InChI is InChI=1S/C11H14Br2O3S/c1-17(14,15)7-3-6-16-11-9(8-12)4-2-5-10(11)13/h2,4-5H,3,6-8H2,1H3. The van der Waals surface area contributed by atoms with Crippen LogP contribution in [-0.4, -0.2) is 27.0 Å². The smallest absolute Gasteiger partial charge is 0.147 e. The molecule has 1 aromatic carbocycles. The van der Waals surface area contributed by atoms with Gasteiger partial charge < -0.3 is 4.74 Å². The van der Waals surface area contributed by atoms with Crippen molar-refractivity contribution in [3.8, 4) is 5.75 Å². The van der Waals surface area contributed by atoms with Gasteiger partial charge in [-0.1, -0.05) is 28.1 Å². The van der Waals surface area contributed by atoms with Crippen molar-refractivity contribution in [2.45, 2.75) is 11.8 Å². The summed E-state index contributed by atoms with van der Waals surface area (Å²) in [4.78, 5) is 0. The van der Waals surface area contributed by atoms with Crippen LogP contribution in [0, 0.1) is 0 Å². The van der Waals surface area contributed by atoms with Crippen molar-refractivity contribution in [1.29, 1.82) is 0 Å². The Balaban J connectivity index is 2.57. The lowest BCUT2D eigenvalue weighted by atomic mass is 10.2. The average Bonchev–Trinajstić information content (AvgIpc) is 2.24. The molecule has 0 bridgehead atoms. The molecule has 17 heavy (non-hydrogen) atoms. The van der Waals surface area contributed by atoms with E-state index in [-0.39, 0.29) is 5.75 Å². The minimum atomic E-state index is -2.91. The Kier molecular flexibility index (Phi) is 5.95. The van der Waals surface area contributed by atoms with Crippen molar-refractivity contribution in [3.63, 3.8) is 0 Å². The minimum absolute atomic E-state index is 0.154. The molecule has 0 aliphatic rings. The largest absolute Gasteiger partial charge is 0.492 e. The predicted molar refractivity (Wildman–Crippen MR) is 76.6 cm³/mol. The van der Waals surface area contributed by atoms with Gasteiger partial charge >= 0.3 is 0 Å². The molecule has 0 aliphatic carbocycles. The maximum atomic E-state index is 11.0. The second kappa shape index (κ2) is 6.75. The molecule has 3 nitrogen and oxygen atoms in total. The summed E-state index contributed by atoms with van der Waals surface area (Å²) in [5, 5.41) is 0.702.